The summed E-state index contributed by atoms with van der Waals surface area (Å²) < 4.78 is 36.2. The number of carbonyl (C=O) groups is 3. The van der Waals surface area contributed by atoms with Gasteiger partial charge in [0.1, 0.15) is 18.4 Å². The van der Waals surface area contributed by atoms with Crippen LogP contribution in [-0.2, 0) is 46.0 Å². The molecule has 0 fully saturated rings. The second kappa shape index (κ2) is 16.6. The smallest absolute Gasteiger partial charge is 0.459 e. The molecule has 3 aromatic carbocycles. The van der Waals surface area contributed by atoms with Crippen LogP contribution in [0.3, 0.4) is 0 Å². The lowest BCUT2D eigenvalue weighted by Crippen LogP contribution is -2.40. The van der Waals surface area contributed by atoms with Crippen LogP contribution in [0.1, 0.15) is 37.8 Å². The lowest BCUT2D eigenvalue weighted by Gasteiger charge is -2.29. The molecule has 3 rings (SSSR count). The van der Waals surface area contributed by atoms with Crippen molar-refractivity contribution in [2.24, 2.45) is 5.41 Å². The Balaban J connectivity index is 1.76. The highest BCUT2D eigenvalue weighted by atomic mass is 31.2. The molecule has 0 aliphatic heterocycles. The van der Waals surface area contributed by atoms with Crippen LogP contribution >= 0.6 is 7.75 Å². The van der Waals surface area contributed by atoms with E-state index in [9.17, 15) is 18.9 Å². The Labute approximate surface area is 252 Å². The topological polar surface area (TPSA) is 129 Å². The highest BCUT2D eigenvalue weighted by Crippen LogP contribution is 2.46. The third-order valence-electron chi connectivity index (χ3n) is 6.22. The Morgan fingerprint density at radius 2 is 1.44 bits per heavy atom. The molecular formula is C32H39N2O8P. The van der Waals surface area contributed by atoms with Crippen molar-refractivity contribution in [1.82, 2.24) is 10.4 Å². The molecule has 3 aromatic rings. The minimum atomic E-state index is -4.21. The molecule has 0 aliphatic carbocycles. The molecular weight excluding hydrogens is 571 g/mol. The zero-order valence-electron chi connectivity index (χ0n) is 24.7. The monoisotopic (exact) mass is 610 g/mol. The molecule has 11 heteroatoms. The Morgan fingerprint density at radius 1 is 0.860 bits per heavy atom. The Kier molecular flexibility index (Phi) is 12.9. The van der Waals surface area contributed by atoms with Gasteiger partial charge in [-0.1, -0.05) is 92.7 Å². The summed E-state index contributed by atoms with van der Waals surface area (Å²) in [6.07, 6.45) is 0.227. The van der Waals surface area contributed by atoms with E-state index in [0.717, 1.165) is 11.1 Å². The summed E-state index contributed by atoms with van der Waals surface area (Å²) in [7, 11) is -2.93. The number of methoxy groups -OCH3 is 1. The van der Waals surface area contributed by atoms with Gasteiger partial charge in [-0.3, -0.25) is 18.9 Å². The maximum Gasteiger partial charge on any atom is 0.459 e. The van der Waals surface area contributed by atoms with E-state index in [1.54, 1.807) is 44.2 Å². The highest BCUT2D eigenvalue weighted by molar-refractivity contribution is 7.52. The first kappa shape index (κ1) is 33.5. The van der Waals surface area contributed by atoms with Crippen LogP contribution in [-0.4, -0.2) is 44.1 Å². The predicted molar refractivity (Wildman–Crippen MR) is 162 cm³/mol. The fourth-order valence-electron chi connectivity index (χ4n) is 3.98. The molecule has 0 bridgehead atoms. The van der Waals surface area contributed by atoms with E-state index in [4.69, 9.17) is 13.8 Å². The first-order valence-electron chi connectivity index (χ1n) is 13.9. The molecule has 0 aromatic heterocycles. The van der Waals surface area contributed by atoms with E-state index in [-0.39, 0.29) is 50.7 Å². The van der Waals surface area contributed by atoms with E-state index in [0.29, 0.717) is 0 Å². The molecule has 0 saturated carbocycles. The number of ether oxygens (including phenoxy) is 2. The van der Waals surface area contributed by atoms with Crippen LogP contribution in [0.5, 0.6) is 5.75 Å². The van der Waals surface area contributed by atoms with E-state index in [1.807, 2.05) is 60.7 Å². The van der Waals surface area contributed by atoms with Crippen LogP contribution in [0, 0.1) is 5.41 Å². The number of amides is 1. The zero-order valence-corrected chi connectivity index (χ0v) is 25.6. The summed E-state index contributed by atoms with van der Waals surface area (Å²) in [4.78, 5) is 37.2. The van der Waals surface area contributed by atoms with Crippen LogP contribution in [0.2, 0.25) is 0 Å². The molecule has 0 saturated heterocycles. The van der Waals surface area contributed by atoms with Gasteiger partial charge in [-0.25, -0.2) is 4.57 Å². The Morgan fingerprint density at radius 3 is 2.05 bits per heavy atom. The average molecular weight is 611 g/mol. The predicted octanol–water partition coefficient (Wildman–Crippen LogP) is 5.23. The van der Waals surface area contributed by atoms with Gasteiger partial charge in [-0.2, -0.15) is 5.09 Å². The third kappa shape index (κ3) is 12.4. The molecule has 0 heterocycles. The Hall–Kier alpha value is -3.98. The zero-order chi connectivity index (χ0) is 31.1. The number of hydrogen-bond donors (Lipinski definition) is 2. The lowest BCUT2D eigenvalue weighted by molar-refractivity contribution is -0.147. The van der Waals surface area contributed by atoms with Crippen molar-refractivity contribution < 1.29 is 37.5 Å². The van der Waals surface area contributed by atoms with Crippen molar-refractivity contribution in [3.8, 4) is 5.75 Å². The summed E-state index contributed by atoms with van der Waals surface area (Å²) in [6.45, 7) is 3.57. The number of rotatable bonds is 17. The van der Waals surface area contributed by atoms with Crippen molar-refractivity contribution in [1.29, 1.82) is 0 Å². The Bertz CT molecular complexity index is 1350. The summed E-state index contributed by atoms with van der Waals surface area (Å²) in [5.74, 6) is -1.10. The van der Waals surface area contributed by atoms with Crippen molar-refractivity contribution in [3.63, 3.8) is 0 Å². The molecule has 230 valence electrons. The molecule has 2 N–H and O–H groups in total. The highest BCUT2D eigenvalue weighted by Gasteiger charge is 2.37. The van der Waals surface area contributed by atoms with Crippen molar-refractivity contribution in [2.45, 2.75) is 45.8 Å². The number of esters is 2. The standard InChI is InChI=1S/C32H39N2O8P/c1-32(2,22-29(35)33-20-19-30(36)39-3)24-41-43(38,42-27-17-11-6-12-18-27)34-28(21-25-13-7-4-8-14-25)31(37)40-23-26-15-9-5-10-16-26/h4-18,28H,19-24H2,1-3H3,(H,33,35)(H,34,38)/t28-,43?/m0/s1. The number of carbonyl (C=O) groups excluding carboxylic acids is 3. The number of benzene rings is 3. The first-order chi connectivity index (χ1) is 20.6. The molecule has 0 aliphatic rings. The van der Waals surface area contributed by atoms with Crippen LogP contribution < -0.4 is 14.9 Å². The summed E-state index contributed by atoms with van der Waals surface area (Å²) in [5, 5.41) is 5.50. The average Bonchev–Trinajstić information content (AvgIpc) is 3.00. The lowest BCUT2D eigenvalue weighted by atomic mass is 9.90. The fraction of sp³-hybridized carbons (Fsp3) is 0.344. The maximum atomic E-state index is 14.3. The van der Waals surface area contributed by atoms with Crippen LogP contribution in [0.25, 0.3) is 0 Å². The molecule has 0 spiro atoms. The van der Waals surface area contributed by atoms with Gasteiger partial charge in [0, 0.05) is 13.0 Å². The van der Waals surface area contributed by atoms with Gasteiger partial charge in [0.15, 0.2) is 0 Å². The quantitative estimate of drug-likeness (QED) is 0.156. The second-order valence-electron chi connectivity index (χ2n) is 10.7. The molecule has 0 radical (unpaired) electrons. The van der Waals surface area contributed by atoms with Crippen molar-refractivity contribution in [3.05, 3.63) is 102 Å². The summed E-state index contributed by atoms with van der Waals surface area (Å²) >= 11 is 0. The molecule has 10 nitrogen and oxygen atoms in total. The number of nitrogens with one attached hydrogen (secondary N) is 2. The van der Waals surface area contributed by atoms with Gasteiger partial charge in [0.25, 0.3) is 0 Å². The molecule has 2 atom stereocenters. The van der Waals surface area contributed by atoms with Gasteiger partial charge in [-0.05, 0) is 35.1 Å². The van der Waals surface area contributed by atoms with E-state index in [2.05, 4.69) is 15.1 Å². The maximum absolute atomic E-state index is 14.3. The SMILES string of the molecule is COC(=O)CCNC(=O)CC(C)(C)COP(=O)(N[C@@H](Cc1ccccc1)C(=O)OCc1ccccc1)Oc1ccccc1. The summed E-state index contributed by atoms with van der Waals surface area (Å²) in [6, 6.07) is 25.9. The largest absolute Gasteiger partial charge is 0.469 e. The van der Waals surface area contributed by atoms with Gasteiger partial charge in [0.05, 0.1) is 20.1 Å². The minimum Gasteiger partial charge on any atom is -0.469 e. The first-order valence-corrected chi connectivity index (χ1v) is 15.5. The number of para-hydroxylation sites is 1. The van der Waals surface area contributed by atoms with Gasteiger partial charge in [-0.15, -0.1) is 0 Å². The molecule has 1 unspecified atom stereocenters. The number of hydrogen-bond acceptors (Lipinski definition) is 8. The molecule has 1 amide bonds. The third-order valence-corrected chi connectivity index (χ3v) is 7.77. The fourth-order valence-corrected chi connectivity index (χ4v) is 5.65. The van der Waals surface area contributed by atoms with Crippen molar-refractivity contribution in [2.75, 3.05) is 20.3 Å². The van der Waals surface area contributed by atoms with E-state index >= 15 is 0 Å². The van der Waals surface area contributed by atoms with E-state index in [1.165, 1.54) is 7.11 Å². The van der Waals surface area contributed by atoms with Crippen molar-refractivity contribution >= 4 is 25.6 Å². The van der Waals surface area contributed by atoms with Crippen LogP contribution in [0.15, 0.2) is 91.0 Å². The van der Waals surface area contributed by atoms with Gasteiger partial charge in [0.2, 0.25) is 5.91 Å². The summed E-state index contributed by atoms with van der Waals surface area (Å²) in [5.41, 5.74) is 0.836. The molecule has 43 heavy (non-hydrogen) atoms. The van der Waals surface area contributed by atoms with E-state index < -0.39 is 31.1 Å². The minimum absolute atomic E-state index is 0.0199. The van der Waals surface area contributed by atoms with Crippen LogP contribution in [0.4, 0.5) is 0 Å². The van der Waals surface area contributed by atoms with Gasteiger partial charge < -0.3 is 19.3 Å². The second-order valence-corrected chi connectivity index (χ2v) is 12.4. The van der Waals surface area contributed by atoms with Gasteiger partial charge >= 0.3 is 19.7 Å². The normalized spacial score (nSPS) is 13.3.